The SMILES string of the molecule is Cl.Nc1ccc(-c2nc3ccc(C4=NCCN4)cc3s2)cc1. The van der Waals surface area contributed by atoms with Crippen LogP contribution in [0.5, 0.6) is 0 Å². The Morgan fingerprint density at radius 1 is 1.05 bits per heavy atom. The minimum absolute atomic E-state index is 0. The van der Waals surface area contributed by atoms with Gasteiger partial charge in [0, 0.05) is 23.4 Å². The number of rotatable bonds is 2. The molecule has 6 heteroatoms. The fourth-order valence-corrected chi connectivity index (χ4v) is 3.42. The van der Waals surface area contributed by atoms with E-state index in [2.05, 4.69) is 28.5 Å². The van der Waals surface area contributed by atoms with Crippen molar-refractivity contribution in [3.05, 3.63) is 48.0 Å². The lowest BCUT2D eigenvalue weighted by Crippen LogP contribution is -2.19. The van der Waals surface area contributed by atoms with Crippen LogP contribution in [0.1, 0.15) is 5.56 Å². The average molecular weight is 331 g/mol. The van der Waals surface area contributed by atoms with Gasteiger partial charge in [-0.15, -0.1) is 23.7 Å². The van der Waals surface area contributed by atoms with Crippen LogP contribution in [0.2, 0.25) is 0 Å². The fraction of sp³-hybridized carbons (Fsp3) is 0.125. The van der Waals surface area contributed by atoms with Crippen molar-refractivity contribution in [2.45, 2.75) is 0 Å². The van der Waals surface area contributed by atoms with E-state index < -0.39 is 0 Å². The number of nitrogens with one attached hydrogen (secondary N) is 1. The Kier molecular flexibility index (Phi) is 4.00. The van der Waals surface area contributed by atoms with Crippen molar-refractivity contribution in [3.63, 3.8) is 0 Å². The molecule has 0 radical (unpaired) electrons. The van der Waals surface area contributed by atoms with E-state index in [9.17, 15) is 0 Å². The van der Waals surface area contributed by atoms with Crippen LogP contribution in [-0.4, -0.2) is 23.9 Å². The maximum Gasteiger partial charge on any atom is 0.128 e. The summed E-state index contributed by atoms with van der Waals surface area (Å²) in [5, 5.41) is 4.32. The van der Waals surface area contributed by atoms with Crippen LogP contribution in [-0.2, 0) is 0 Å². The maximum atomic E-state index is 5.73. The fourth-order valence-electron chi connectivity index (χ4n) is 2.41. The summed E-state index contributed by atoms with van der Waals surface area (Å²) < 4.78 is 1.18. The van der Waals surface area contributed by atoms with E-state index in [1.807, 2.05) is 24.3 Å². The van der Waals surface area contributed by atoms with Crippen molar-refractivity contribution in [1.29, 1.82) is 0 Å². The normalized spacial score (nSPS) is 13.5. The molecule has 1 aliphatic rings. The van der Waals surface area contributed by atoms with Crippen LogP contribution in [0, 0.1) is 0 Å². The summed E-state index contributed by atoms with van der Waals surface area (Å²) in [5.74, 6) is 0.985. The predicted octanol–water partition coefficient (Wildman–Crippen LogP) is 3.32. The van der Waals surface area contributed by atoms with Gasteiger partial charge in [0.15, 0.2) is 0 Å². The third-order valence-electron chi connectivity index (χ3n) is 3.49. The molecule has 0 amide bonds. The lowest BCUT2D eigenvalue weighted by Gasteiger charge is -2.01. The quantitative estimate of drug-likeness (QED) is 0.708. The van der Waals surface area contributed by atoms with Crippen molar-refractivity contribution in [2.75, 3.05) is 18.8 Å². The molecule has 112 valence electrons. The molecule has 0 aliphatic carbocycles. The molecule has 1 aliphatic heterocycles. The van der Waals surface area contributed by atoms with E-state index in [1.165, 1.54) is 4.70 Å². The molecule has 0 saturated carbocycles. The predicted molar refractivity (Wildman–Crippen MR) is 96.1 cm³/mol. The zero-order valence-electron chi connectivity index (χ0n) is 11.7. The van der Waals surface area contributed by atoms with Crippen molar-refractivity contribution < 1.29 is 0 Å². The molecule has 0 bridgehead atoms. The number of thiazole rings is 1. The van der Waals surface area contributed by atoms with Crippen LogP contribution < -0.4 is 11.1 Å². The standard InChI is InChI=1S/C16H14N4S.ClH/c17-12-4-1-10(2-5-12)16-20-13-6-3-11(9-14(13)21-16)15-18-7-8-19-15;/h1-6,9H,7-8,17H2,(H,18,19);1H. The van der Waals surface area contributed by atoms with Crippen molar-refractivity contribution >= 4 is 45.5 Å². The van der Waals surface area contributed by atoms with Gasteiger partial charge in [0.1, 0.15) is 10.8 Å². The Labute approximate surface area is 138 Å². The second kappa shape index (κ2) is 5.94. The summed E-state index contributed by atoms with van der Waals surface area (Å²) in [6.45, 7) is 1.78. The highest BCUT2D eigenvalue weighted by atomic mass is 35.5. The number of anilines is 1. The van der Waals surface area contributed by atoms with Gasteiger partial charge in [-0.05, 0) is 42.5 Å². The largest absolute Gasteiger partial charge is 0.399 e. The molecule has 2 aromatic carbocycles. The van der Waals surface area contributed by atoms with Gasteiger partial charge >= 0.3 is 0 Å². The number of amidine groups is 1. The zero-order valence-corrected chi connectivity index (χ0v) is 13.4. The number of hydrogen-bond donors (Lipinski definition) is 2. The first-order valence-electron chi connectivity index (χ1n) is 6.85. The van der Waals surface area contributed by atoms with Gasteiger partial charge in [-0.2, -0.15) is 0 Å². The smallest absolute Gasteiger partial charge is 0.128 e. The number of hydrogen-bond acceptors (Lipinski definition) is 5. The van der Waals surface area contributed by atoms with E-state index in [0.717, 1.165) is 46.3 Å². The molecule has 4 rings (SSSR count). The van der Waals surface area contributed by atoms with Crippen LogP contribution in [0.15, 0.2) is 47.5 Å². The highest BCUT2D eigenvalue weighted by Gasteiger charge is 2.11. The van der Waals surface area contributed by atoms with E-state index in [1.54, 1.807) is 11.3 Å². The number of aliphatic imine (C=N–C) groups is 1. The summed E-state index contributed by atoms with van der Waals surface area (Å²) in [7, 11) is 0. The summed E-state index contributed by atoms with van der Waals surface area (Å²) in [6.07, 6.45) is 0. The second-order valence-corrected chi connectivity index (χ2v) is 6.01. The molecule has 22 heavy (non-hydrogen) atoms. The van der Waals surface area contributed by atoms with Crippen molar-refractivity contribution in [2.24, 2.45) is 4.99 Å². The van der Waals surface area contributed by atoms with Gasteiger partial charge in [-0.3, -0.25) is 4.99 Å². The minimum Gasteiger partial charge on any atom is -0.399 e. The average Bonchev–Trinajstić information content (AvgIpc) is 3.16. The van der Waals surface area contributed by atoms with E-state index in [0.29, 0.717) is 0 Å². The number of nitrogens with zero attached hydrogens (tertiary/aromatic N) is 2. The molecule has 0 unspecified atom stereocenters. The molecule has 3 aromatic rings. The van der Waals surface area contributed by atoms with Gasteiger partial charge in [0.25, 0.3) is 0 Å². The molecule has 3 N–H and O–H groups in total. The summed E-state index contributed by atoms with van der Waals surface area (Å²) in [6, 6.07) is 14.1. The van der Waals surface area contributed by atoms with Crippen LogP contribution in [0.4, 0.5) is 5.69 Å². The van der Waals surface area contributed by atoms with Crippen LogP contribution in [0.3, 0.4) is 0 Å². The Hall–Kier alpha value is -2.11. The lowest BCUT2D eigenvalue weighted by atomic mass is 10.2. The number of nitrogens with two attached hydrogens (primary N) is 1. The number of halogens is 1. The first-order chi connectivity index (χ1) is 10.3. The lowest BCUT2D eigenvalue weighted by molar-refractivity contribution is 0.960. The third-order valence-corrected chi connectivity index (χ3v) is 4.56. The Morgan fingerprint density at radius 2 is 1.82 bits per heavy atom. The van der Waals surface area contributed by atoms with Gasteiger partial charge < -0.3 is 11.1 Å². The topological polar surface area (TPSA) is 63.3 Å². The van der Waals surface area contributed by atoms with Crippen molar-refractivity contribution in [3.8, 4) is 10.6 Å². The molecular formula is C16H15ClN4S. The molecule has 1 aromatic heterocycles. The van der Waals surface area contributed by atoms with Gasteiger partial charge in [0.05, 0.1) is 16.8 Å². The first-order valence-corrected chi connectivity index (χ1v) is 7.66. The number of nitrogen functional groups attached to an aromatic ring is 1. The zero-order chi connectivity index (χ0) is 14.2. The minimum atomic E-state index is 0. The number of benzene rings is 2. The Bertz CT molecular complexity index is 839. The Balaban J connectivity index is 0.00000144. The van der Waals surface area contributed by atoms with Gasteiger partial charge in [0.2, 0.25) is 0 Å². The molecule has 0 atom stereocenters. The summed E-state index contributed by atoms with van der Waals surface area (Å²) in [5.41, 5.74) is 9.76. The number of aromatic nitrogens is 1. The van der Waals surface area contributed by atoms with E-state index in [4.69, 9.17) is 10.7 Å². The first kappa shape index (κ1) is 14.8. The van der Waals surface area contributed by atoms with E-state index in [-0.39, 0.29) is 12.4 Å². The summed E-state index contributed by atoms with van der Waals surface area (Å²) in [4.78, 5) is 9.16. The van der Waals surface area contributed by atoms with E-state index >= 15 is 0 Å². The number of fused-ring (bicyclic) bond motifs is 1. The second-order valence-electron chi connectivity index (χ2n) is 4.98. The molecule has 0 saturated heterocycles. The molecular weight excluding hydrogens is 316 g/mol. The molecule has 0 fully saturated rings. The molecule has 0 spiro atoms. The van der Waals surface area contributed by atoms with Gasteiger partial charge in [-0.25, -0.2) is 4.98 Å². The molecule has 4 nitrogen and oxygen atoms in total. The van der Waals surface area contributed by atoms with Crippen LogP contribution in [0.25, 0.3) is 20.8 Å². The highest BCUT2D eigenvalue weighted by Crippen LogP contribution is 2.31. The highest BCUT2D eigenvalue weighted by molar-refractivity contribution is 7.21. The molecule has 2 heterocycles. The maximum absolute atomic E-state index is 5.73. The van der Waals surface area contributed by atoms with Gasteiger partial charge in [-0.1, -0.05) is 0 Å². The van der Waals surface area contributed by atoms with Crippen molar-refractivity contribution in [1.82, 2.24) is 10.3 Å². The third kappa shape index (κ3) is 2.65. The monoisotopic (exact) mass is 330 g/mol. The van der Waals surface area contributed by atoms with Crippen LogP contribution >= 0.6 is 23.7 Å². The summed E-state index contributed by atoms with van der Waals surface area (Å²) >= 11 is 1.69. The Morgan fingerprint density at radius 3 is 2.55 bits per heavy atom.